The molecule has 0 atom stereocenters. The Morgan fingerprint density at radius 2 is 2.12 bits per heavy atom. The van der Waals surface area contributed by atoms with Crippen molar-refractivity contribution in [2.75, 3.05) is 0 Å². The lowest BCUT2D eigenvalue weighted by atomic mass is 9.67. The molecule has 0 aromatic rings. The minimum atomic E-state index is -0.590. The van der Waals surface area contributed by atoms with E-state index in [9.17, 15) is 9.90 Å². The lowest BCUT2D eigenvalue weighted by molar-refractivity contribution is -0.152. The van der Waals surface area contributed by atoms with Gasteiger partial charge in [0.2, 0.25) is 0 Å². The lowest BCUT2D eigenvalue weighted by Gasteiger charge is -2.36. The second kappa shape index (κ2) is 6.83. The fourth-order valence-corrected chi connectivity index (χ4v) is 2.96. The molecule has 1 fully saturated rings. The van der Waals surface area contributed by atoms with Crippen LogP contribution < -0.4 is 0 Å². The van der Waals surface area contributed by atoms with Crippen molar-refractivity contribution in [1.82, 2.24) is 0 Å². The van der Waals surface area contributed by atoms with Gasteiger partial charge in [0.05, 0.1) is 5.41 Å². The molecule has 1 aliphatic rings. The second-order valence-electron chi connectivity index (χ2n) is 5.50. The topological polar surface area (TPSA) is 37.3 Å². The van der Waals surface area contributed by atoms with Crippen molar-refractivity contribution >= 4 is 5.97 Å². The van der Waals surface area contributed by atoms with Crippen LogP contribution in [-0.4, -0.2) is 11.1 Å². The number of aliphatic carboxylic acids is 1. The number of unbranched alkanes of at least 4 members (excludes halogenated alkanes) is 1. The van der Waals surface area contributed by atoms with Crippen LogP contribution in [0.15, 0.2) is 12.7 Å². The molecule has 0 spiro atoms. The molecule has 0 saturated heterocycles. The largest absolute Gasteiger partial charge is 0.481 e. The molecule has 0 radical (unpaired) electrons. The number of hydrogen-bond donors (Lipinski definition) is 1. The molecule has 2 heteroatoms. The molecule has 17 heavy (non-hydrogen) atoms. The number of carboxylic acids is 1. The molecular weight excluding hydrogens is 212 g/mol. The van der Waals surface area contributed by atoms with Crippen LogP contribution in [0.1, 0.15) is 64.7 Å². The predicted octanol–water partition coefficient (Wildman–Crippen LogP) is 4.40. The minimum Gasteiger partial charge on any atom is -0.481 e. The van der Waals surface area contributed by atoms with E-state index in [-0.39, 0.29) is 0 Å². The van der Waals surface area contributed by atoms with Gasteiger partial charge in [-0.05, 0) is 44.4 Å². The standard InChI is InChI=1S/C15H26O2/c1-3-5-7-13-8-11-15(12-9-13,14(16)17)10-6-4-2/h4,13H,2-3,5-12H2,1H3,(H,16,17). The fraction of sp³-hybridized carbons (Fsp3) is 0.800. The number of rotatable bonds is 7. The first-order chi connectivity index (χ1) is 8.14. The monoisotopic (exact) mass is 238 g/mol. The van der Waals surface area contributed by atoms with Crippen molar-refractivity contribution in [2.24, 2.45) is 11.3 Å². The van der Waals surface area contributed by atoms with Crippen LogP contribution in [0.4, 0.5) is 0 Å². The van der Waals surface area contributed by atoms with Crippen LogP contribution in [0.2, 0.25) is 0 Å². The van der Waals surface area contributed by atoms with Gasteiger partial charge in [0.1, 0.15) is 0 Å². The summed E-state index contributed by atoms with van der Waals surface area (Å²) in [5.74, 6) is 0.180. The minimum absolute atomic E-state index is 0.448. The van der Waals surface area contributed by atoms with Gasteiger partial charge in [-0.3, -0.25) is 4.79 Å². The van der Waals surface area contributed by atoms with Gasteiger partial charge in [-0.25, -0.2) is 0 Å². The molecule has 0 amide bonds. The summed E-state index contributed by atoms with van der Waals surface area (Å²) >= 11 is 0. The molecular formula is C15H26O2. The first-order valence-electron chi connectivity index (χ1n) is 6.99. The molecule has 0 aromatic carbocycles. The average molecular weight is 238 g/mol. The molecule has 0 heterocycles. The summed E-state index contributed by atoms with van der Waals surface area (Å²) in [6.07, 6.45) is 11.2. The molecule has 0 unspecified atom stereocenters. The van der Waals surface area contributed by atoms with Crippen molar-refractivity contribution < 1.29 is 9.90 Å². The van der Waals surface area contributed by atoms with Crippen LogP contribution in [0, 0.1) is 11.3 Å². The number of allylic oxidation sites excluding steroid dienone is 1. The Morgan fingerprint density at radius 3 is 2.59 bits per heavy atom. The Balaban J connectivity index is 2.49. The molecule has 1 saturated carbocycles. The van der Waals surface area contributed by atoms with Gasteiger partial charge in [0.25, 0.3) is 0 Å². The SMILES string of the molecule is C=CCCC1(C(=O)O)CCC(CCCC)CC1. The van der Waals surface area contributed by atoms with Crippen LogP contribution in [0.25, 0.3) is 0 Å². The zero-order chi connectivity index (χ0) is 12.7. The maximum atomic E-state index is 11.5. The van der Waals surface area contributed by atoms with Crippen LogP contribution in [0.3, 0.4) is 0 Å². The Labute approximate surface area is 105 Å². The first kappa shape index (κ1) is 14.3. The van der Waals surface area contributed by atoms with Crippen molar-refractivity contribution in [3.63, 3.8) is 0 Å². The van der Waals surface area contributed by atoms with E-state index in [0.29, 0.717) is 0 Å². The smallest absolute Gasteiger partial charge is 0.309 e. The van der Waals surface area contributed by atoms with Crippen molar-refractivity contribution in [1.29, 1.82) is 0 Å². The zero-order valence-electron chi connectivity index (χ0n) is 11.1. The van der Waals surface area contributed by atoms with E-state index < -0.39 is 11.4 Å². The van der Waals surface area contributed by atoms with E-state index in [1.54, 1.807) is 0 Å². The Bertz CT molecular complexity index is 250. The number of hydrogen-bond acceptors (Lipinski definition) is 1. The Hall–Kier alpha value is -0.790. The van der Waals surface area contributed by atoms with Crippen molar-refractivity contribution in [3.05, 3.63) is 12.7 Å². The quantitative estimate of drug-likeness (QED) is 0.667. The Morgan fingerprint density at radius 1 is 1.47 bits per heavy atom. The van der Waals surface area contributed by atoms with Crippen LogP contribution in [-0.2, 0) is 4.79 Å². The van der Waals surface area contributed by atoms with E-state index in [0.717, 1.165) is 44.4 Å². The third-order valence-electron chi connectivity index (χ3n) is 4.31. The molecule has 1 N–H and O–H groups in total. The summed E-state index contributed by atoms with van der Waals surface area (Å²) < 4.78 is 0. The van der Waals surface area contributed by atoms with E-state index in [2.05, 4.69) is 13.5 Å². The lowest BCUT2D eigenvalue weighted by Crippen LogP contribution is -2.35. The second-order valence-corrected chi connectivity index (χ2v) is 5.50. The summed E-state index contributed by atoms with van der Waals surface area (Å²) in [6, 6.07) is 0. The zero-order valence-corrected chi connectivity index (χ0v) is 11.1. The van der Waals surface area contributed by atoms with Crippen LogP contribution >= 0.6 is 0 Å². The third kappa shape index (κ3) is 3.86. The van der Waals surface area contributed by atoms with E-state index in [4.69, 9.17) is 0 Å². The molecule has 1 rings (SSSR count). The van der Waals surface area contributed by atoms with Crippen molar-refractivity contribution in [2.45, 2.75) is 64.7 Å². The van der Waals surface area contributed by atoms with Gasteiger partial charge in [-0.1, -0.05) is 32.3 Å². The fourth-order valence-electron chi connectivity index (χ4n) is 2.96. The van der Waals surface area contributed by atoms with Gasteiger partial charge < -0.3 is 5.11 Å². The molecule has 0 aromatic heterocycles. The maximum absolute atomic E-state index is 11.5. The summed E-state index contributed by atoms with van der Waals surface area (Å²) in [6.45, 7) is 5.91. The highest BCUT2D eigenvalue weighted by Gasteiger charge is 2.40. The van der Waals surface area contributed by atoms with Crippen LogP contribution in [0.5, 0.6) is 0 Å². The van der Waals surface area contributed by atoms with E-state index in [1.807, 2.05) is 6.08 Å². The first-order valence-corrected chi connectivity index (χ1v) is 6.99. The predicted molar refractivity (Wildman–Crippen MR) is 71.0 cm³/mol. The van der Waals surface area contributed by atoms with Gasteiger partial charge in [0, 0.05) is 0 Å². The summed E-state index contributed by atoms with van der Waals surface area (Å²) in [4.78, 5) is 11.5. The molecule has 0 bridgehead atoms. The highest BCUT2D eigenvalue weighted by Crippen LogP contribution is 2.44. The summed E-state index contributed by atoms with van der Waals surface area (Å²) in [7, 11) is 0. The van der Waals surface area contributed by atoms with Gasteiger partial charge in [-0.2, -0.15) is 0 Å². The average Bonchev–Trinajstić information content (AvgIpc) is 2.35. The van der Waals surface area contributed by atoms with E-state index >= 15 is 0 Å². The van der Waals surface area contributed by atoms with Gasteiger partial charge in [-0.15, -0.1) is 6.58 Å². The van der Waals surface area contributed by atoms with Gasteiger partial charge >= 0.3 is 5.97 Å². The Kier molecular flexibility index (Phi) is 5.73. The summed E-state index contributed by atoms with van der Waals surface area (Å²) in [5, 5.41) is 9.44. The number of carboxylic acid groups (broad SMARTS) is 1. The molecule has 2 nitrogen and oxygen atoms in total. The highest BCUT2D eigenvalue weighted by molar-refractivity contribution is 5.74. The molecule has 1 aliphatic carbocycles. The normalized spacial score (nSPS) is 28.9. The molecule has 0 aliphatic heterocycles. The number of carbonyl (C=O) groups is 1. The van der Waals surface area contributed by atoms with Gasteiger partial charge in [0.15, 0.2) is 0 Å². The maximum Gasteiger partial charge on any atom is 0.309 e. The third-order valence-corrected chi connectivity index (χ3v) is 4.31. The molecule has 98 valence electrons. The van der Waals surface area contributed by atoms with E-state index in [1.165, 1.54) is 19.3 Å². The highest BCUT2D eigenvalue weighted by atomic mass is 16.4. The van der Waals surface area contributed by atoms with Crippen molar-refractivity contribution in [3.8, 4) is 0 Å². The summed E-state index contributed by atoms with van der Waals surface area (Å²) in [5.41, 5.74) is -0.448.